The molecular formula is C15H18N4O3S. The lowest BCUT2D eigenvalue weighted by molar-refractivity contribution is -0.122. The van der Waals surface area contributed by atoms with Gasteiger partial charge in [0.05, 0.1) is 24.0 Å². The zero-order chi connectivity index (χ0) is 16.4. The number of piperidine rings is 1. The second-order valence-electron chi connectivity index (χ2n) is 5.56. The number of nitrogens with two attached hydrogens (primary N) is 1. The van der Waals surface area contributed by atoms with Crippen LogP contribution >= 0.6 is 0 Å². The average molecular weight is 334 g/mol. The summed E-state index contributed by atoms with van der Waals surface area (Å²) in [4.78, 5) is 11.5. The molecule has 8 heteroatoms. The monoisotopic (exact) mass is 334 g/mol. The third kappa shape index (κ3) is 3.13. The number of carbonyl (C=O) groups excluding carboxylic acids is 1. The number of nitrogens with zero attached hydrogens (tertiary/aromatic N) is 3. The van der Waals surface area contributed by atoms with Gasteiger partial charge in [0.15, 0.2) is 0 Å². The highest BCUT2D eigenvalue weighted by atomic mass is 32.2. The van der Waals surface area contributed by atoms with Crippen LogP contribution in [-0.4, -0.2) is 41.5 Å². The van der Waals surface area contributed by atoms with Gasteiger partial charge in [0.1, 0.15) is 4.90 Å². The lowest BCUT2D eigenvalue weighted by Crippen LogP contribution is -2.43. The molecule has 1 atom stereocenters. The van der Waals surface area contributed by atoms with Gasteiger partial charge in [-0.25, -0.2) is 13.1 Å². The SMILES string of the molecule is NC(=O)C1CCCN(S(=O)(=O)c2cnn(-c3ccccc3)c2)C1. The third-order valence-corrected chi connectivity index (χ3v) is 5.82. The van der Waals surface area contributed by atoms with Crippen molar-refractivity contribution in [2.24, 2.45) is 11.7 Å². The fourth-order valence-electron chi connectivity index (χ4n) is 2.70. The molecule has 1 aliphatic rings. The van der Waals surface area contributed by atoms with E-state index in [0.717, 1.165) is 5.69 Å². The smallest absolute Gasteiger partial charge is 0.246 e. The van der Waals surface area contributed by atoms with Crippen molar-refractivity contribution in [2.75, 3.05) is 13.1 Å². The summed E-state index contributed by atoms with van der Waals surface area (Å²) in [5, 5.41) is 4.12. The number of sulfonamides is 1. The molecular weight excluding hydrogens is 316 g/mol. The Labute approximate surface area is 134 Å². The van der Waals surface area contributed by atoms with Crippen molar-refractivity contribution in [1.82, 2.24) is 14.1 Å². The molecule has 0 aliphatic carbocycles. The van der Waals surface area contributed by atoms with Crippen molar-refractivity contribution < 1.29 is 13.2 Å². The Morgan fingerprint density at radius 1 is 1.26 bits per heavy atom. The summed E-state index contributed by atoms with van der Waals surface area (Å²) in [7, 11) is -3.67. The van der Waals surface area contributed by atoms with Crippen LogP contribution in [0, 0.1) is 5.92 Å². The molecule has 0 spiro atoms. The van der Waals surface area contributed by atoms with Gasteiger partial charge in [0, 0.05) is 13.1 Å². The van der Waals surface area contributed by atoms with Crippen LogP contribution in [0.15, 0.2) is 47.6 Å². The summed E-state index contributed by atoms with van der Waals surface area (Å²) in [5.74, 6) is -0.882. The molecule has 3 rings (SSSR count). The first-order chi connectivity index (χ1) is 11.0. The van der Waals surface area contributed by atoms with E-state index in [-0.39, 0.29) is 11.4 Å². The summed E-state index contributed by atoms with van der Waals surface area (Å²) in [5.41, 5.74) is 6.09. The lowest BCUT2D eigenvalue weighted by atomic mass is 9.99. The molecule has 122 valence electrons. The maximum absolute atomic E-state index is 12.7. The first-order valence-corrected chi connectivity index (χ1v) is 8.82. The molecule has 0 saturated carbocycles. The van der Waals surface area contributed by atoms with E-state index < -0.39 is 21.8 Å². The Bertz CT molecular complexity index is 801. The Morgan fingerprint density at radius 2 is 2.00 bits per heavy atom. The minimum absolute atomic E-state index is 0.117. The van der Waals surface area contributed by atoms with Gasteiger partial charge in [-0.3, -0.25) is 4.79 Å². The highest BCUT2D eigenvalue weighted by molar-refractivity contribution is 7.89. The number of carbonyl (C=O) groups is 1. The zero-order valence-electron chi connectivity index (χ0n) is 12.5. The number of primary amides is 1. The molecule has 2 aromatic rings. The van der Waals surface area contributed by atoms with Crippen molar-refractivity contribution in [2.45, 2.75) is 17.7 Å². The molecule has 1 aliphatic heterocycles. The molecule has 1 unspecified atom stereocenters. The summed E-state index contributed by atoms with van der Waals surface area (Å²) in [6, 6.07) is 9.27. The van der Waals surface area contributed by atoms with Crippen molar-refractivity contribution >= 4 is 15.9 Å². The average Bonchev–Trinajstić information content (AvgIpc) is 3.06. The molecule has 1 aromatic carbocycles. The number of hydrogen-bond acceptors (Lipinski definition) is 4. The van der Waals surface area contributed by atoms with Crippen LogP contribution in [0.4, 0.5) is 0 Å². The molecule has 2 N–H and O–H groups in total. The van der Waals surface area contributed by atoms with Gasteiger partial charge in [0.25, 0.3) is 0 Å². The molecule has 2 heterocycles. The molecule has 1 amide bonds. The summed E-state index contributed by atoms with van der Waals surface area (Å²) >= 11 is 0. The van der Waals surface area contributed by atoms with Gasteiger partial charge < -0.3 is 5.73 Å². The van der Waals surface area contributed by atoms with Crippen LogP contribution in [0.2, 0.25) is 0 Å². The number of aromatic nitrogens is 2. The Kier molecular flexibility index (Phi) is 4.18. The molecule has 1 fully saturated rings. The first kappa shape index (κ1) is 15.7. The number of rotatable bonds is 4. The minimum atomic E-state index is -3.67. The van der Waals surface area contributed by atoms with E-state index in [1.807, 2.05) is 30.3 Å². The highest BCUT2D eigenvalue weighted by Crippen LogP contribution is 2.23. The third-order valence-electron chi connectivity index (χ3n) is 4.00. The van der Waals surface area contributed by atoms with E-state index in [4.69, 9.17) is 5.73 Å². The van der Waals surface area contributed by atoms with Crippen molar-refractivity contribution in [3.63, 3.8) is 0 Å². The topological polar surface area (TPSA) is 98.3 Å². The Hall–Kier alpha value is -2.19. The fourth-order valence-corrected chi connectivity index (χ4v) is 4.16. The number of hydrogen-bond donors (Lipinski definition) is 1. The van der Waals surface area contributed by atoms with Gasteiger partial charge in [-0.05, 0) is 25.0 Å². The van der Waals surface area contributed by atoms with Crippen molar-refractivity contribution in [3.8, 4) is 5.69 Å². The van der Waals surface area contributed by atoms with E-state index >= 15 is 0 Å². The van der Waals surface area contributed by atoms with Gasteiger partial charge >= 0.3 is 0 Å². The molecule has 0 radical (unpaired) electrons. The number of para-hydroxylation sites is 1. The van der Waals surface area contributed by atoms with Crippen molar-refractivity contribution in [1.29, 1.82) is 0 Å². The van der Waals surface area contributed by atoms with E-state index in [1.165, 1.54) is 21.4 Å². The normalized spacial score (nSPS) is 19.6. The van der Waals surface area contributed by atoms with E-state index in [9.17, 15) is 13.2 Å². The van der Waals surface area contributed by atoms with Gasteiger partial charge in [0.2, 0.25) is 15.9 Å². The predicted octanol–water partition coefficient (Wildman–Crippen LogP) is 0.758. The predicted molar refractivity (Wildman–Crippen MR) is 84.2 cm³/mol. The van der Waals surface area contributed by atoms with Gasteiger partial charge in [-0.2, -0.15) is 9.40 Å². The Morgan fingerprint density at radius 3 is 2.70 bits per heavy atom. The Balaban J connectivity index is 1.86. The summed E-state index contributed by atoms with van der Waals surface area (Å²) < 4.78 is 28.3. The molecule has 7 nitrogen and oxygen atoms in total. The second-order valence-corrected chi connectivity index (χ2v) is 7.50. The quantitative estimate of drug-likeness (QED) is 0.892. The summed E-state index contributed by atoms with van der Waals surface area (Å²) in [6.07, 6.45) is 4.07. The largest absolute Gasteiger partial charge is 0.369 e. The molecule has 1 saturated heterocycles. The van der Waals surface area contributed by atoms with E-state index in [2.05, 4.69) is 5.10 Å². The summed E-state index contributed by atoms with van der Waals surface area (Å²) in [6.45, 7) is 0.525. The van der Waals surface area contributed by atoms with E-state index in [1.54, 1.807) is 0 Å². The van der Waals surface area contributed by atoms with Crippen LogP contribution < -0.4 is 5.73 Å². The molecule has 0 bridgehead atoms. The number of amides is 1. The van der Waals surface area contributed by atoms with Crippen LogP contribution in [0.3, 0.4) is 0 Å². The lowest BCUT2D eigenvalue weighted by Gasteiger charge is -2.29. The van der Waals surface area contributed by atoms with Crippen LogP contribution in [0.25, 0.3) is 5.69 Å². The highest BCUT2D eigenvalue weighted by Gasteiger charge is 2.33. The van der Waals surface area contributed by atoms with E-state index in [0.29, 0.717) is 19.4 Å². The van der Waals surface area contributed by atoms with Gasteiger partial charge in [-0.1, -0.05) is 18.2 Å². The first-order valence-electron chi connectivity index (χ1n) is 7.38. The standard InChI is InChI=1S/C15H18N4O3S/c16-15(20)12-5-4-8-18(10-12)23(21,22)14-9-17-19(11-14)13-6-2-1-3-7-13/h1-3,6-7,9,11-12H,4-5,8,10H2,(H2,16,20). The number of benzene rings is 1. The fraction of sp³-hybridized carbons (Fsp3) is 0.333. The second kappa shape index (κ2) is 6.13. The molecule has 1 aromatic heterocycles. The molecule has 23 heavy (non-hydrogen) atoms. The van der Waals surface area contributed by atoms with Gasteiger partial charge in [-0.15, -0.1) is 0 Å². The van der Waals surface area contributed by atoms with Crippen LogP contribution in [0.5, 0.6) is 0 Å². The van der Waals surface area contributed by atoms with Crippen LogP contribution in [0.1, 0.15) is 12.8 Å². The maximum atomic E-state index is 12.7. The zero-order valence-corrected chi connectivity index (χ0v) is 13.3. The van der Waals surface area contributed by atoms with Crippen LogP contribution in [-0.2, 0) is 14.8 Å². The minimum Gasteiger partial charge on any atom is -0.369 e. The maximum Gasteiger partial charge on any atom is 0.246 e. The van der Waals surface area contributed by atoms with Crippen molar-refractivity contribution in [3.05, 3.63) is 42.7 Å².